The Morgan fingerprint density at radius 1 is 1.28 bits per heavy atom. The first-order valence-corrected chi connectivity index (χ1v) is 8.13. The Balaban J connectivity index is 1.85. The zero-order valence-electron chi connectivity index (χ0n) is 14.6. The van der Waals surface area contributed by atoms with Crippen molar-refractivity contribution in [3.05, 3.63) is 59.3 Å². The number of amides is 1. The Kier molecular flexibility index (Phi) is 4.81. The minimum Gasteiger partial charge on any atom is -0.358 e. The van der Waals surface area contributed by atoms with Crippen LogP contribution in [0.2, 0.25) is 0 Å². The van der Waals surface area contributed by atoms with Crippen LogP contribution in [0.4, 0.5) is 10.1 Å². The molecule has 0 fully saturated rings. The van der Waals surface area contributed by atoms with Crippen LogP contribution >= 0.6 is 0 Å². The highest BCUT2D eigenvalue weighted by molar-refractivity contribution is 6.05. The predicted molar refractivity (Wildman–Crippen MR) is 97.4 cm³/mol. The normalized spacial score (nSPS) is 11.2. The molecule has 1 amide bonds. The van der Waals surface area contributed by atoms with Crippen molar-refractivity contribution >= 4 is 22.5 Å². The minimum atomic E-state index is -0.605. The molecule has 0 saturated heterocycles. The Labute approximate surface area is 145 Å². The number of carbonyl (C=O) groups excluding carboxylic acids is 1. The monoisotopic (exact) mass is 340 g/mol. The van der Waals surface area contributed by atoms with Crippen LogP contribution in [0.25, 0.3) is 10.9 Å². The number of likely N-dealkylation sites (N-methyl/N-ethyl adjacent to an activating group) is 1. The fraction of sp³-hybridized carbons (Fsp3) is 0.263. The Morgan fingerprint density at radius 3 is 2.76 bits per heavy atom. The van der Waals surface area contributed by atoms with Gasteiger partial charge in [0.05, 0.1) is 5.56 Å². The van der Waals surface area contributed by atoms with Gasteiger partial charge >= 0.3 is 0 Å². The zero-order valence-corrected chi connectivity index (χ0v) is 14.6. The lowest BCUT2D eigenvalue weighted by Gasteiger charge is -2.10. The standard InChI is InChI=1S/C19H21FN4O/c1-12-15(8-9-24(2)3)16-10-14(5-6-17(16)22-12)23-19(25)13-4-7-18(20)21-11-13/h4-7,10-11,22H,8-9H2,1-3H3,(H,23,25). The third-order valence-corrected chi connectivity index (χ3v) is 4.18. The van der Waals surface area contributed by atoms with Crippen molar-refractivity contribution in [1.82, 2.24) is 14.9 Å². The van der Waals surface area contributed by atoms with Crippen LogP contribution in [0, 0.1) is 12.9 Å². The summed E-state index contributed by atoms with van der Waals surface area (Å²) >= 11 is 0. The molecule has 0 atom stereocenters. The van der Waals surface area contributed by atoms with Crippen LogP contribution in [0.3, 0.4) is 0 Å². The summed E-state index contributed by atoms with van der Waals surface area (Å²) in [5, 5.41) is 3.95. The molecule has 2 aromatic heterocycles. The van der Waals surface area contributed by atoms with Crippen LogP contribution in [-0.4, -0.2) is 41.4 Å². The van der Waals surface area contributed by atoms with Crippen LogP contribution in [-0.2, 0) is 6.42 Å². The van der Waals surface area contributed by atoms with Gasteiger partial charge in [-0.2, -0.15) is 4.39 Å². The molecular formula is C19H21FN4O. The van der Waals surface area contributed by atoms with E-state index in [0.717, 1.165) is 29.6 Å². The molecule has 0 spiro atoms. The fourth-order valence-electron chi connectivity index (χ4n) is 2.83. The molecule has 3 rings (SSSR count). The SMILES string of the molecule is Cc1[nH]c2ccc(NC(=O)c3ccc(F)nc3)cc2c1CCN(C)C. The van der Waals surface area contributed by atoms with Gasteiger partial charge in [-0.1, -0.05) is 0 Å². The Hall–Kier alpha value is -2.73. The first-order chi connectivity index (χ1) is 11.9. The van der Waals surface area contributed by atoms with Crippen molar-refractivity contribution in [2.24, 2.45) is 0 Å². The van der Waals surface area contributed by atoms with Gasteiger partial charge in [-0.05, 0) is 63.3 Å². The summed E-state index contributed by atoms with van der Waals surface area (Å²) in [5.41, 5.74) is 4.46. The van der Waals surface area contributed by atoms with E-state index in [9.17, 15) is 9.18 Å². The molecule has 0 unspecified atom stereocenters. The smallest absolute Gasteiger partial charge is 0.257 e. The molecule has 6 heteroatoms. The number of aryl methyl sites for hydroxylation is 1. The second-order valence-corrected chi connectivity index (χ2v) is 6.37. The van der Waals surface area contributed by atoms with Crippen LogP contribution in [0.15, 0.2) is 36.5 Å². The first-order valence-electron chi connectivity index (χ1n) is 8.13. The highest BCUT2D eigenvalue weighted by Crippen LogP contribution is 2.26. The molecule has 0 bridgehead atoms. The number of fused-ring (bicyclic) bond motifs is 1. The third-order valence-electron chi connectivity index (χ3n) is 4.18. The summed E-state index contributed by atoms with van der Waals surface area (Å²) in [6.07, 6.45) is 2.16. The van der Waals surface area contributed by atoms with Crippen LogP contribution in [0.5, 0.6) is 0 Å². The molecule has 2 heterocycles. The number of hydrogen-bond acceptors (Lipinski definition) is 3. The van der Waals surface area contributed by atoms with Gasteiger partial charge in [-0.3, -0.25) is 4.79 Å². The van der Waals surface area contributed by atoms with Gasteiger partial charge in [0.1, 0.15) is 0 Å². The number of rotatable bonds is 5. The van der Waals surface area contributed by atoms with E-state index in [2.05, 4.69) is 27.1 Å². The number of H-pyrrole nitrogens is 1. The maximum Gasteiger partial charge on any atom is 0.257 e. The molecule has 25 heavy (non-hydrogen) atoms. The van der Waals surface area contributed by atoms with E-state index in [1.807, 2.05) is 32.3 Å². The average molecular weight is 340 g/mol. The number of nitrogens with zero attached hydrogens (tertiary/aromatic N) is 2. The van der Waals surface area contributed by atoms with Crippen molar-refractivity contribution in [1.29, 1.82) is 0 Å². The van der Waals surface area contributed by atoms with E-state index >= 15 is 0 Å². The Morgan fingerprint density at radius 2 is 2.08 bits per heavy atom. The van der Waals surface area contributed by atoms with Crippen molar-refractivity contribution in [3.8, 4) is 0 Å². The molecule has 0 aliphatic rings. The van der Waals surface area contributed by atoms with Crippen molar-refractivity contribution in [3.63, 3.8) is 0 Å². The number of pyridine rings is 1. The van der Waals surface area contributed by atoms with E-state index in [0.29, 0.717) is 11.3 Å². The van der Waals surface area contributed by atoms with Gasteiger partial charge in [0.2, 0.25) is 5.95 Å². The highest BCUT2D eigenvalue weighted by Gasteiger charge is 2.11. The molecule has 0 radical (unpaired) electrons. The number of halogens is 1. The highest BCUT2D eigenvalue weighted by atomic mass is 19.1. The first kappa shape index (κ1) is 17.1. The largest absolute Gasteiger partial charge is 0.358 e. The quantitative estimate of drug-likeness (QED) is 0.700. The van der Waals surface area contributed by atoms with Gasteiger partial charge in [0.15, 0.2) is 0 Å². The summed E-state index contributed by atoms with van der Waals surface area (Å²) in [6.45, 7) is 3.01. The molecule has 1 aromatic carbocycles. The minimum absolute atomic E-state index is 0.311. The number of benzene rings is 1. The van der Waals surface area contributed by atoms with Gasteiger partial charge < -0.3 is 15.2 Å². The molecular weight excluding hydrogens is 319 g/mol. The zero-order chi connectivity index (χ0) is 18.0. The molecule has 3 aromatic rings. The predicted octanol–water partition coefficient (Wildman–Crippen LogP) is 3.37. The molecule has 0 aliphatic heterocycles. The summed E-state index contributed by atoms with van der Waals surface area (Å²) in [6, 6.07) is 8.37. The van der Waals surface area contributed by atoms with E-state index in [1.54, 1.807) is 0 Å². The Bertz CT molecular complexity index is 900. The van der Waals surface area contributed by atoms with Gasteiger partial charge in [0.25, 0.3) is 5.91 Å². The van der Waals surface area contributed by atoms with Crippen molar-refractivity contribution in [2.45, 2.75) is 13.3 Å². The summed E-state index contributed by atoms with van der Waals surface area (Å²) in [7, 11) is 4.10. The number of anilines is 1. The topological polar surface area (TPSA) is 61.0 Å². The molecule has 0 aliphatic carbocycles. The van der Waals surface area contributed by atoms with Gasteiger partial charge in [-0.25, -0.2) is 4.98 Å². The lowest BCUT2D eigenvalue weighted by molar-refractivity contribution is 0.102. The number of carbonyl (C=O) groups is 1. The van der Waals surface area contributed by atoms with E-state index in [1.165, 1.54) is 23.9 Å². The van der Waals surface area contributed by atoms with E-state index in [4.69, 9.17) is 0 Å². The van der Waals surface area contributed by atoms with E-state index < -0.39 is 5.95 Å². The number of aromatic amines is 1. The lowest BCUT2D eigenvalue weighted by atomic mass is 10.1. The van der Waals surface area contributed by atoms with Gasteiger partial charge in [-0.15, -0.1) is 0 Å². The maximum atomic E-state index is 12.9. The molecule has 5 nitrogen and oxygen atoms in total. The summed E-state index contributed by atoms with van der Waals surface area (Å²) in [5.74, 6) is -0.916. The molecule has 2 N–H and O–H groups in total. The lowest BCUT2D eigenvalue weighted by Crippen LogP contribution is -2.15. The maximum absolute atomic E-state index is 12.9. The van der Waals surface area contributed by atoms with Gasteiger partial charge in [0, 0.05) is 35.0 Å². The summed E-state index contributed by atoms with van der Waals surface area (Å²) in [4.78, 5) is 21.3. The average Bonchev–Trinajstić information content (AvgIpc) is 2.88. The number of hydrogen-bond donors (Lipinski definition) is 2. The third kappa shape index (κ3) is 3.85. The fourth-order valence-corrected chi connectivity index (χ4v) is 2.83. The molecule has 0 saturated carbocycles. The van der Waals surface area contributed by atoms with Crippen molar-refractivity contribution < 1.29 is 9.18 Å². The number of nitrogens with one attached hydrogen (secondary N) is 2. The second-order valence-electron chi connectivity index (χ2n) is 6.37. The van der Waals surface area contributed by atoms with E-state index in [-0.39, 0.29) is 5.91 Å². The van der Waals surface area contributed by atoms with Crippen LogP contribution < -0.4 is 5.32 Å². The second kappa shape index (κ2) is 7.03. The number of aromatic nitrogens is 2. The molecule has 130 valence electrons. The summed E-state index contributed by atoms with van der Waals surface area (Å²) < 4.78 is 12.9. The van der Waals surface area contributed by atoms with Crippen LogP contribution in [0.1, 0.15) is 21.6 Å². The van der Waals surface area contributed by atoms with Crippen molar-refractivity contribution in [2.75, 3.05) is 26.0 Å².